The molecule has 0 radical (unpaired) electrons. The zero-order valence-electron chi connectivity index (χ0n) is 22.0. The number of allylic oxidation sites excluding steroid dienone is 2. The smallest absolute Gasteiger partial charge is 0.00851 e. The summed E-state index contributed by atoms with van der Waals surface area (Å²) >= 11 is 0. The van der Waals surface area contributed by atoms with Crippen LogP contribution in [0.1, 0.15) is 139 Å². The molecule has 0 saturated heterocycles. The molecule has 0 heterocycles. The molecule has 4 aliphatic carbocycles. The van der Waals surface area contributed by atoms with Crippen LogP contribution in [0.5, 0.6) is 0 Å². The fraction of sp³-hybridized carbons (Fsp3) is 0.938. The Morgan fingerprint density at radius 1 is 0.938 bits per heavy atom. The maximum atomic E-state index is 2.80. The molecular formula is C32H58. The first-order chi connectivity index (χ1) is 14.8. The van der Waals surface area contributed by atoms with Crippen LogP contribution < -0.4 is 0 Å². The molecule has 4 rings (SSSR count). The van der Waals surface area contributed by atoms with E-state index in [1.54, 1.807) is 0 Å². The van der Waals surface area contributed by atoms with Gasteiger partial charge in [0, 0.05) is 0 Å². The van der Waals surface area contributed by atoms with Gasteiger partial charge in [-0.3, -0.25) is 0 Å². The van der Waals surface area contributed by atoms with Crippen LogP contribution in [0, 0.1) is 52.3 Å². The van der Waals surface area contributed by atoms with Gasteiger partial charge in [-0.2, -0.15) is 0 Å². The molecular weight excluding hydrogens is 384 g/mol. The van der Waals surface area contributed by atoms with Crippen molar-refractivity contribution in [2.24, 2.45) is 52.3 Å². The molecule has 32 heavy (non-hydrogen) atoms. The van der Waals surface area contributed by atoms with E-state index in [-0.39, 0.29) is 7.43 Å². The predicted molar refractivity (Wildman–Crippen MR) is 143 cm³/mol. The summed E-state index contributed by atoms with van der Waals surface area (Å²) in [6, 6.07) is 0. The molecule has 0 heteroatoms. The molecule has 3 saturated carbocycles. The second-order valence-corrected chi connectivity index (χ2v) is 13.5. The van der Waals surface area contributed by atoms with Crippen LogP contribution in [0.4, 0.5) is 0 Å². The van der Waals surface area contributed by atoms with Crippen molar-refractivity contribution in [3.05, 3.63) is 11.6 Å². The zero-order valence-corrected chi connectivity index (χ0v) is 22.0. The SMILES string of the molecule is C.CCCC[C@H]1CCC2(C)C(=CC[C@H]3C2CCC2(C)C([C@H](C)CCCC(C)C)CC[C@@H]32)C1. The molecule has 0 aromatic heterocycles. The monoisotopic (exact) mass is 442 g/mol. The summed E-state index contributed by atoms with van der Waals surface area (Å²) in [5.74, 6) is 6.79. The zero-order chi connectivity index (χ0) is 22.2. The lowest BCUT2D eigenvalue weighted by Crippen LogP contribution is -2.50. The highest BCUT2D eigenvalue weighted by atomic mass is 14.6. The maximum Gasteiger partial charge on any atom is -0.00851 e. The van der Waals surface area contributed by atoms with Gasteiger partial charge < -0.3 is 0 Å². The number of hydrogen-bond donors (Lipinski definition) is 0. The summed E-state index contributed by atoms with van der Waals surface area (Å²) in [7, 11) is 0. The highest BCUT2D eigenvalue weighted by Crippen LogP contribution is 2.67. The van der Waals surface area contributed by atoms with Crippen LogP contribution in [0.2, 0.25) is 0 Å². The van der Waals surface area contributed by atoms with Crippen molar-refractivity contribution in [3.8, 4) is 0 Å². The van der Waals surface area contributed by atoms with E-state index < -0.39 is 0 Å². The number of fused-ring (bicyclic) bond motifs is 5. The third-order valence-electron chi connectivity index (χ3n) is 11.4. The Morgan fingerprint density at radius 3 is 2.44 bits per heavy atom. The Bertz CT molecular complexity index is 628. The molecule has 0 spiro atoms. The quantitative estimate of drug-likeness (QED) is 0.328. The third kappa shape index (κ3) is 4.77. The van der Waals surface area contributed by atoms with Gasteiger partial charge in [-0.05, 0) is 104 Å². The van der Waals surface area contributed by atoms with E-state index in [2.05, 4.69) is 47.6 Å². The van der Waals surface area contributed by atoms with Gasteiger partial charge >= 0.3 is 0 Å². The lowest BCUT2D eigenvalue weighted by molar-refractivity contribution is -0.0529. The fourth-order valence-electron chi connectivity index (χ4n) is 9.50. The Kier molecular flexibility index (Phi) is 8.69. The fourth-order valence-corrected chi connectivity index (χ4v) is 9.50. The average Bonchev–Trinajstić information content (AvgIpc) is 3.09. The summed E-state index contributed by atoms with van der Waals surface area (Å²) in [6.07, 6.45) is 23.4. The Labute approximate surface area is 202 Å². The van der Waals surface area contributed by atoms with Gasteiger partial charge in [-0.25, -0.2) is 0 Å². The first kappa shape index (κ1) is 26.3. The normalized spacial score (nSPS) is 41.8. The average molecular weight is 443 g/mol. The highest BCUT2D eigenvalue weighted by molar-refractivity contribution is 5.25. The molecule has 0 nitrogen and oxygen atoms in total. The Balaban J connectivity index is 0.00000289. The third-order valence-corrected chi connectivity index (χ3v) is 11.4. The summed E-state index contributed by atoms with van der Waals surface area (Å²) in [4.78, 5) is 0. The van der Waals surface area contributed by atoms with Gasteiger partial charge in [0.1, 0.15) is 0 Å². The van der Waals surface area contributed by atoms with E-state index in [1.807, 2.05) is 5.57 Å². The number of unbranched alkanes of at least 4 members (excludes halogenated alkanes) is 1. The van der Waals surface area contributed by atoms with E-state index in [4.69, 9.17) is 0 Å². The van der Waals surface area contributed by atoms with Gasteiger partial charge in [0.15, 0.2) is 0 Å². The van der Waals surface area contributed by atoms with Crippen molar-refractivity contribution in [1.82, 2.24) is 0 Å². The van der Waals surface area contributed by atoms with Crippen LogP contribution in [0.25, 0.3) is 0 Å². The minimum Gasteiger partial charge on any atom is -0.0845 e. The molecule has 3 fully saturated rings. The first-order valence-corrected chi connectivity index (χ1v) is 14.5. The molecule has 0 N–H and O–H groups in total. The highest BCUT2D eigenvalue weighted by Gasteiger charge is 2.59. The predicted octanol–water partition coefficient (Wildman–Crippen LogP) is 10.5. The van der Waals surface area contributed by atoms with Crippen molar-refractivity contribution in [1.29, 1.82) is 0 Å². The van der Waals surface area contributed by atoms with Gasteiger partial charge in [-0.1, -0.05) is 99.1 Å². The van der Waals surface area contributed by atoms with Crippen molar-refractivity contribution in [2.75, 3.05) is 0 Å². The first-order valence-electron chi connectivity index (χ1n) is 14.5. The van der Waals surface area contributed by atoms with Crippen molar-refractivity contribution in [3.63, 3.8) is 0 Å². The van der Waals surface area contributed by atoms with Crippen molar-refractivity contribution < 1.29 is 0 Å². The largest absolute Gasteiger partial charge is 0.0845 e. The van der Waals surface area contributed by atoms with E-state index >= 15 is 0 Å². The second kappa shape index (κ2) is 10.6. The summed E-state index contributed by atoms with van der Waals surface area (Å²) in [5.41, 5.74) is 3.09. The Morgan fingerprint density at radius 2 is 1.72 bits per heavy atom. The van der Waals surface area contributed by atoms with Gasteiger partial charge in [0.25, 0.3) is 0 Å². The topological polar surface area (TPSA) is 0 Å². The number of rotatable bonds is 8. The van der Waals surface area contributed by atoms with Gasteiger partial charge in [-0.15, -0.1) is 0 Å². The van der Waals surface area contributed by atoms with Gasteiger partial charge in [0.2, 0.25) is 0 Å². The molecule has 186 valence electrons. The molecule has 4 unspecified atom stereocenters. The molecule has 0 aromatic rings. The standard InChI is InChI=1S/C31H54.CH4/c1-7-8-12-24-17-19-30(5)25(21-24)13-14-26-28-16-15-27(23(4)11-9-10-22(2)3)31(28,6)20-18-29(26)30;/h13,22-24,26-29H,7-12,14-21H2,1-6H3;1H4/t23-,24+,26-,27?,28+,29?,30?,31?;/m1./s1. The molecule has 0 amide bonds. The van der Waals surface area contributed by atoms with Crippen LogP contribution >= 0.6 is 0 Å². The van der Waals surface area contributed by atoms with Crippen molar-refractivity contribution >= 4 is 0 Å². The Hall–Kier alpha value is -0.260. The minimum atomic E-state index is 0. The number of hydrogen-bond acceptors (Lipinski definition) is 0. The maximum absolute atomic E-state index is 2.80. The van der Waals surface area contributed by atoms with Gasteiger partial charge in [0.05, 0.1) is 0 Å². The van der Waals surface area contributed by atoms with Crippen molar-refractivity contribution in [2.45, 2.75) is 139 Å². The second-order valence-electron chi connectivity index (χ2n) is 13.5. The lowest BCUT2D eigenvalue weighted by atomic mass is 9.46. The summed E-state index contributed by atoms with van der Waals surface area (Å²) < 4.78 is 0. The van der Waals surface area contributed by atoms with E-state index in [0.29, 0.717) is 10.8 Å². The summed E-state index contributed by atoms with van der Waals surface area (Å²) in [5, 5.41) is 0. The molecule has 0 aromatic carbocycles. The molecule has 0 aliphatic heterocycles. The summed E-state index contributed by atoms with van der Waals surface area (Å²) in [6.45, 7) is 15.2. The van der Waals surface area contributed by atoms with Crippen LogP contribution in [0.3, 0.4) is 0 Å². The molecule has 8 atom stereocenters. The molecule has 0 bridgehead atoms. The minimum absolute atomic E-state index is 0. The van der Waals surface area contributed by atoms with E-state index in [1.165, 1.54) is 89.9 Å². The van der Waals surface area contributed by atoms with Crippen LogP contribution in [-0.4, -0.2) is 0 Å². The lowest BCUT2D eigenvalue weighted by Gasteiger charge is -2.58. The van der Waals surface area contributed by atoms with Crippen LogP contribution in [-0.2, 0) is 0 Å². The van der Waals surface area contributed by atoms with E-state index in [0.717, 1.165) is 41.4 Å². The van der Waals surface area contributed by atoms with Crippen LogP contribution in [0.15, 0.2) is 11.6 Å². The molecule has 4 aliphatic rings. The van der Waals surface area contributed by atoms with E-state index in [9.17, 15) is 0 Å².